The summed E-state index contributed by atoms with van der Waals surface area (Å²) in [4.78, 5) is 4.28. The van der Waals surface area contributed by atoms with Gasteiger partial charge < -0.3 is 11.1 Å². The average molecular weight is 425 g/mol. The minimum atomic E-state index is -0.972. The van der Waals surface area contributed by atoms with Crippen molar-refractivity contribution in [1.29, 1.82) is 0 Å². The van der Waals surface area contributed by atoms with Gasteiger partial charge in [-0.15, -0.1) is 5.10 Å². The fraction of sp³-hybridized carbons (Fsp3) is 0.350. The van der Waals surface area contributed by atoms with Gasteiger partial charge in [0.1, 0.15) is 11.9 Å². The lowest BCUT2D eigenvalue weighted by Crippen LogP contribution is -2.29. The van der Waals surface area contributed by atoms with Gasteiger partial charge in [-0.05, 0) is 54.9 Å². The van der Waals surface area contributed by atoms with E-state index >= 15 is 0 Å². The van der Waals surface area contributed by atoms with Gasteiger partial charge in [0.2, 0.25) is 0 Å². The van der Waals surface area contributed by atoms with E-state index < -0.39 is 17.7 Å². The van der Waals surface area contributed by atoms with Gasteiger partial charge in [-0.2, -0.15) is 5.10 Å². The highest BCUT2D eigenvalue weighted by molar-refractivity contribution is 5.75. The molecule has 0 amide bonds. The van der Waals surface area contributed by atoms with Crippen molar-refractivity contribution in [1.82, 2.24) is 40.3 Å². The first-order valence-corrected chi connectivity index (χ1v) is 10.1. The Labute approximate surface area is 176 Å². The number of nitrogens with zero attached hydrogens (tertiary/aromatic N) is 7. The molecule has 9 nitrogen and oxygen atoms in total. The molecule has 1 aliphatic carbocycles. The second kappa shape index (κ2) is 7.99. The number of nitrogen functional groups attached to an aromatic ring is 1. The molecule has 4 heterocycles. The second-order valence-electron chi connectivity index (χ2n) is 7.64. The summed E-state index contributed by atoms with van der Waals surface area (Å²) in [6.07, 6.45) is 10.3. The van der Waals surface area contributed by atoms with Crippen molar-refractivity contribution >= 4 is 5.82 Å². The van der Waals surface area contributed by atoms with Crippen LogP contribution in [0.25, 0.3) is 22.5 Å². The van der Waals surface area contributed by atoms with Crippen LogP contribution in [0.2, 0.25) is 0 Å². The van der Waals surface area contributed by atoms with Gasteiger partial charge in [-0.25, -0.2) is 18.4 Å². The molecule has 3 aromatic heterocycles. The van der Waals surface area contributed by atoms with Crippen molar-refractivity contribution in [3.8, 4) is 22.5 Å². The summed E-state index contributed by atoms with van der Waals surface area (Å²) in [5.41, 5.74) is 8.20. The maximum atomic E-state index is 14.4. The molecule has 1 saturated heterocycles. The molecule has 0 aromatic carbocycles. The first-order valence-electron chi connectivity index (χ1n) is 10.1. The van der Waals surface area contributed by atoms with Gasteiger partial charge in [0.05, 0.1) is 17.8 Å². The number of halogens is 2. The third kappa shape index (κ3) is 3.61. The number of tetrazole rings is 1. The lowest BCUT2D eigenvalue weighted by atomic mass is 10.1. The van der Waals surface area contributed by atoms with Gasteiger partial charge in [0, 0.05) is 23.5 Å². The Morgan fingerprint density at radius 2 is 1.97 bits per heavy atom. The van der Waals surface area contributed by atoms with E-state index in [1.807, 2.05) is 10.9 Å². The van der Waals surface area contributed by atoms with Crippen LogP contribution in [0.3, 0.4) is 0 Å². The minimum absolute atomic E-state index is 0.196. The second-order valence-corrected chi connectivity index (χ2v) is 7.64. The Hall–Kier alpha value is -3.47. The zero-order valence-corrected chi connectivity index (χ0v) is 16.6. The molecule has 0 spiro atoms. The van der Waals surface area contributed by atoms with Crippen molar-refractivity contribution in [2.45, 2.75) is 31.3 Å². The number of hydrogen-bond acceptors (Lipinski definition) is 7. The van der Waals surface area contributed by atoms with E-state index in [0.717, 1.165) is 43.1 Å². The topological polar surface area (TPSA) is 112 Å². The maximum absolute atomic E-state index is 14.4. The lowest BCUT2D eigenvalue weighted by Gasteiger charge is -2.22. The summed E-state index contributed by atoms with van der Waals surface area (Å²) in [7, 11) is 0. The van der Waals surface area contributed by atoms with E-state index in [0.29, 0.717) is 11.6 Å². The number of rotatable bonds is 4. The number of piperidine rings is 1. The number of nitrogens with two attached hydrogens (primary N) is 1. The molecule has 5 rings (SSSR count). The summed E-state index contributed by atoms with van der Waals surface area (Å²) in [6, 6.07) is 1.18. The largest absolute Gasteiger partial charge is 0.383 e. The fourth-order valence-corrected chi connectivity index (χ4v) is 4.00. The highest BCUT2D eigenvalue weighted by atomic mass is 19.2. The highest BCUT2D eigenvalue weighted by Gasteiger charge is 2.28. The van der Waals surface area contributed by atoms with Crippen molar-refractivity contribution in [2.75, 3.05) is 18.8 Å². The summed E-state index contributed by atoms with van der Waals surface area (Å²) in [5, 5.41) is 19.4. The van der Waals surface area contributed by atoms with Crippen LogP contribution in [0.1, 0.15) is 31.3 Å². The van der Waals surface area contributed by atoms with Crippen LogP contribution in [0.5, 0.6) is 0 Å². The van der Waals surface area contributed by atoms with Gasteiger partial charge in [-0.3, -0.25) is 4.68 Å². The summed E-state index contributed by atoms with van der Waals surface area (Å²) < 4.78 is 31.4. The molecule has 1 aliphatic heterocycles. The monoisotopic (exact) mass is 425 g/mol. The number of anilines is 1. The number of nitrogens with one attached hydrogen (secondary N) is 1. The molecule has 1 atom stereocenters. The van der Waals surface area contributed by atoms with E-state index in [1.54, 1.807) is 24.5 Å². The molecular formula is C20H21F2N9. The molecule has 11 heteroatoms. The minimum Gasteiger partial charge on any atom is -0.383 e. The van der Waals surface area contributed by atoms with E-state index in [2.05, 4.69) is 30.9 Å². The zero-order valence-electron chi connectivity index (χ0n) is 16.6. The molecule has 2 aliphatic rings. The number of allylic oxidation sites excluding steroid dienone is 4. The third-order valence-corrected chi connectivity index (χ3v) is 5.71. The predicted octanol–water partition coefficient (Wildman–Crippen LogP) is 2.76. The van der Waals surface area contributed by atoms with Crippen molar-refractivity contribution in [2.24, 2.45) is 0 Å². The fourth-order valence-electron chi connectivity index (χ4n) is 4.00. The normalized spacial score (nSPS) is 19.9. The number of aromatic nitrogens is 7. The molecule has 0 radical (unpaired) electrons. The molecule has 3 aromatic rings. The zero-order chi connectivity index (χ0) is 21.4. The van der Waals surface area contributed by atoms with Crippen LogP contribution in [-0.4, -0.2) is 48.1 Å². The predicted molar refractivity (Wildman–Crippen MR) is 110 cm³/mol. The average Bonchev–Trinajstić information content (AvgIpc) is 3.47. The van der Waals surface area contributed by atoms with Crippen LogP contribution in [0.4, 0.5) is 14.6 Å². The Bertz CT molecular complexity index is 1160. The van der Waals surface area contributed by atoms with Crippen LogP contribution in [0, 0.1) is 0 Å². The molecule has 0 bridgehead atoms. The smallest absolute Gasteiger partial charge is 0.186 e. The molecule has 1 unspecified atom stereocenters. The standard InChI is InChI=1S/C20H21F2N9/c21-16-2-1-3-17(18(16)22)31-20(27-28-29-31)15-8-12(9-25-19(15)23)13-10-26-30(11-13)14-4-6-24-7-5-14/h1-2,8-11,14,17,24H,3-7H2,(H2,23,25). The Morgan fingerprint density at radius 3 is 2.81 bits per heavy atom. The molecule has 31 heavy (non-hydrogen) atoms. The Balaban J connectivity index is 1.49. The molecule has 3 N–H and O–H groups in total. The van der Waals surface area contributed by atoms with Crippen LogP contribution in [0.15, 0.2) is 48.5 Å². The molecule has 0 saturated carbocycles. The summed E-state index contributed by atoms with van der Waals surface area (Å²) in [5.74, 6) is -1.42. The number of hydrogen-bond donors (Lipinski definition) is 2. The van der Waals surface area contributed by atoms with E-state index in [9.17, 15) is 8.78 Å². The van der Waals surface area contributed by atoms with Crippen molar-refractivity contribution < 1.29 is 8.78 Å². The maximum Gasteiger partial charge on any atom is 0.186 e. The van der Waals surface area contributed by atoms with Crippen LogP contribution < -0.4 is 11.1 Å². The van der Waals surface area contributed by atoms with E-state index in [1.165, 1.54) is 4.68 Å². The quantitative estimate of drug-likeness (QED) is 0.661. The molecule has 160 valence electrons. The SMILES string of the molecule is Nc1ncc(-c2cnn(C3CCNCC3)c2)cc1-c1nnnn1C1CC=CC(F)=C1F. The van der Waals surface area contributed by atoms with E-state index in [4.69, 9.17) is 5.73 Å². The molecular weight excluding hydrogens is 404 g/mol. The van der Waals surface area contributed by atoms with Gasteiger partial charge in [-0.1, -0.05) is 6.08 Å². The van der Waals surface area contributed by atoms with Crippen LogP contribution >= 0.6 is 0 Å². The number of pyridine rings is 1. The van der Waals surface area contributed by atoms with Gasteiger partial charge in [0.15, 0.2) is 17.5 Å². The van der Waals surface area contributed by atoms with Gasteiger partial charge in [0.25, 0.3) is 0 Å². The first-order chi connectivity index (χ1) is 15.1. The molecule has 1 fully saturated rings. The third-order valence-electron chi connectivity index (χ3n) is 5.71. The van der Waals surface area contributed by atoms with Gasteiger partial charge >= 0.3 is 0 Å². The summed E-state index contributed by atoms with van der Waals surface area (Å²) in [6.45, 7) is 1.94. The van der Waals surface area contributed by atoms with Crippen molar-refractivity contribution in [3.05, 3.63) is 48.5 Å². The lowest BCUT2D eigenvalue weighted by molar-refractivity contribution is 0.343. The van der Waals surface area contributed by atoms with E-state index in [-0.39, 0.29) is 18.1 Å². The van der Waals surface area contributed by atoms with Crippen molar-refractivity contribution in [3.63, 3.8) is 0 Å². The first kappa shape index (κ1) is 19.5. The highest BCUT2D eigenvalue weighted by Crippen LogP contribution is 2.35. The summed E-state index contributed by atoms with van der Waals surface area (Å²) >= 11 is 0. The van der Waals surface area contributed by atoms with Crippen LogP contribution in [-0.2, 0) is 0 Å². The Morgan fingerprint density at radius 1 is 1.13 bits per heavy atom. The Kier molecular flexibility index (Phi) is 5.02.